The fraction of sp³-hybridized carbons (Fsp3) is 0.875. The number of hydrogen-bond donors (Lipinski definition) is 0. The van der Waals surface area contributed by atoms with Gasteiger partial charge in [0.15, 0.2) is 0 Å². The van der Waals surface area contributed by atoms with Crippen LogP contribution >= 0.6 is 0 Å². The summed E-state index contributed by atoms with van der Waals surface area (Å²) in [5.41, 5.74) is 0. The van der Waals surface area contributed by atoms with E-state index in [2.05, 4.69) is 13.8 Å². The van der Waals surface area contributed by atoms with Crippen LogP contribution in [0.15, 0.2) is 0 Å². The molecule has 1 heteroatoms. The molecule has 1 saturated carbocycles. The standard InChI is InChI=1S/C8H14O/c1-6(2)8-3-7(4-8)5-9/h5-8H,3-4H2,1-2H3. The molecule has 1 aliphatic carbocycles. The van der Waals surface area contributed by atoms with Gasteiger partial charge >= 0.3 is 0 Å². The number of aldehydes is 1. The van der Waals surface area contributed by atoms with Crippen molar-refractivity contribution in [3.05, 3.63) is 0 Å². The molecule has 0 spiro atoms. The van der Waals surface area contributed by atoms with E-state index in [1.807, 2.05) is 0 Å². The molecule has 0 heterocycles. The minimum atomic E-state index is 0.400. The lowest BCUT2D eigenvalue weighted by Crippen LogP contribution is -2.28. The van der Waals surface area contributed by atoms with Crippen molar-refractivity contribution in [3.8, 4) is 0 Å². The van der Waals surface area contributed by atoms with Gasteiger partial charge in [-0.1, -0.05) is 13.8 Å². The molecule has 0 radical (unpaired) electrons. The summed E-state index contributed by atoms with van der Waals surface area (Å²) in [5, 5.41) is 0. The Hall–Kier alpha value is -0.330. The second-order valence-electron chi connectivity index (χ2n) is 3.37. The molecule has 0 aromatic heterocycles. The minimum Gasteiger partial charge on any atom is -0.303 e. The monoisotopic (exact) mass is 126 g/mol. The SMILES string of the molecule is CC(C)C1CC(C=O)C1. The third-order valence-electron chi connectivity index (χ3n) is 2.35. The fourth-order valence-electron chi connectivity index (χ4n) is 1.36. The number of hydrogen-bond acceptors (Lipinski definition) is 1. The number of carbonyl (C=O) groups is 1. The first-order valence-corrected chi connectivity index (χ1v) is 3.69. The Balaban J connectivity index is 2.19. The lowest BCUT2D eigenvalue weighted by atomic mass is 9.70. The van der Waals surface area contributed by atoms with E-state index in [-0.39, 0.29) is 0 Å². The van der Waals surface area contributed by atoms with Crippen LogP contribution in [0.4, 0.5) is 0 Å². The fourth-order valence-corrected chi connectivity index (χ4v) is 1.36. The van der Waals surface area contributed by atoms with Crippen LogP contribution in [0, 0.1) is 17.8 Å². The third-order valence-corrected chi connectivity index (χ3v) is 2.35. The summed E-state index contributed by atoms with van der Waals surface area (Å²) in [4.78, 5) is 10.2. The summed E-state index contributed by atoms with van der Waals surface area (Å²) < 4.78 is 0. The Bertz CT molecular complexity index is 101. The van der Waals surface area contributed by atoms with Gasteiger partial charge in [-0.3, -0.25) is 0 Å². The molecule has 9 heavy (non-hydrogen) atoms. The highest BCUT2D eigenvalue weighted by molar-refractivity contribution is 5.54. The van der Waals surface area contributed by atoms with Crippen LogP contribution < -0.4 is 0 Å². The molecule has 1 aliphatic rings. The Kier molecular flexibility index (Phi) is 1.89. The van der Waals surface area contributed by atoms with Crippen LogP contribution in [0.5, 0.6) is 0 Å². The van der Waals surface area contributed by atoms with Crippen LogP contribution in [0.3, 0.4) is 0 Å². The summed E-state index contributed by atoms with van der Waals surface area (Å²) in [6.07, 6.45) is 3.38. The van der Waals surface area contributed by atoms with Gasteiger partial charge in [-0.2, -0.15) is 0 Å². The topological polar surface area (TPSA) is 17.1 Å². The largest absolute Gasteiger partial charge is 0.303 e. The van der Waals surface area contributed by atoms with Crippen LogP contribution in [-0.4, -0.2) is 6.29 Å². The molecule has 0 atom stereocenters. The average molecular weight is 126 g/mol. The zero-order valence-corrected chi connectivity index (χ0v) is 6.13. The van der Waals surface area contributed by atoms with Gasteiger partial charge in [-0.15, -0.1) is 0 Å². The predicted octanol–water partition coefficient (Wildman–Crippen LogP) is 1.87. The highest BCUT2D eigenvalue weighted by Gasteiger charge is 2.30. The van der Waals surface area contributed by atoms with Crippen molar-refractivity contribution in [3.63, 3.8) is 0 Å². The summed E-state index contributed by atoms with van der Waals surface area (Å²) in [7, 11) is 0. The normalized spacial score (nSPS) is 34.1. The van der Waals surface area contributed by atoms with E-state index in [4.69, 9.17) is 0 Å². The first-order valence-electron chi connectivity index (χ1n) is 3.69. The molecule has 1 rings (SSSR count). The predicted molar refractivity (Wildman–Crippen MR) is 37.1 cm³/mol. The van der Waals surface area contributed by atoms with E-state index >= 15 is 0 Å². The van der Waals surface area contributed by atoms with Crippen molar-refractivity contribution in [2.24, 2.45) is 17.8 Å². The van der Waals surface area contributed by atoms with Crippen LogP contribution in [0.2, 0.25) is 0 Å². The summed E-state index contributed by atoms with van der Waals surface area (Å²) in [6.45, 7) is 4.46. The molecule has 0 saturated heterocycles. The quantitative estimate of drug-likeness (QED) is 0.516. The van der Waals surface area contributed by atoms with E-state index in [0.717, 1.165) is 31.0 Å². The molecule has 52 valence electrons. The van der Waals surface area contributed by atoms with Gasteiger partial charge < -0.3 is 4.79 Å². The molecule has 0 amide bonds. The molecule has 0 aromatic rings. The second kappa shape index (κ2) is 2.51. The summed E-state index contributed by atoms with van der Waals surface area (Å²) in [6, 6.07) is 0. The van der Waals surface area contributed by atoms with E-state index in [0.29, 0.717) is 5.92 Å². The van der Waals surface area contributed by atoms with Crippen molar-refractivity contribution in [2.75, 3.05) is 0 Å². The van der Waals surface area contributed by atoms with Gasteiger partial charge in [0.1, 0.15) is 6.29 Å². The Morgan fingerprint density at radius 3 is 2.33 bits per heavy atom. The van der Waals surface area contributed by atoms with Crippen LogP contribution in [0.25, 0.3) is 0 Å². The highest BCUT2D eigenvalue weighted by atomic mass is 16.1. The van der Waals surface area contributed by atoms with Crippen molar-refractivity contribution in [1.82, 2.24) is 0 Å². The third kappa shape index (κ3) is 1.32. The van der Waals surface area contributed by atoms with Gasteiger partial charge in [-0.25, -0.2) is 0 Å². The zero-order chi connectivity index (χ0) is 6.85. The van der Waals surface area contributed by atoms with E-state index < -0.39 is 0 Å². The summed E-state index contributed by atoms with van der Waals surface area (Å²) in [5.74, 6) is 2.01. The lowest BCUT2D eigenvalue weighted by molar-refractivity contribution is -0.115. The minimum absolute atomic E-state index is 0.400. The Morgan fingerprint density at radius 1 is 1.44 bits per heavy atom. The van der Waals surface area contributed by atoms with Crippen molar-refractivity contribution in [1.29, 1.82) is 0 Å². The van der Waals surface area contributed by atoms with Gasteiger partial charge in [0.05, 0.1) is 0 Å². The average Bonchev–Trinajstić information content (AvgIpc) is 1.61. The molecular formula is C8H14O. The summed E-state index contributed by atoms with van der Waals surface area (Å²) >= 11 is 0. The van der Waals surface area contributed by atoms with Crippen LogP contribution in [-0.2, 0) is 4.79 Å². The molecular weight excluding hydrogens is 112 g/mol. The maximum Gasteiger partial charge on any atom is 0.123 e. The van der Waals surface area contributed by atoms with E-state index in [1.54, 1.807) is 0 Å². The van der Waals surface area contributed by atoms with Crippen molar-refractivity contribution in [2.45, 2.75) is 26.7 Å². The molecule has 0 unspecified atom stereocenters. The molecule has 0 aromatic carbocycles. The van der Waals surface area contributed by atoms with E-state index in [1.165, 1.54) is 0 Å². The van der Waals surface area contributed by atoms with Gasteiger partial charge in [0, 0.05) is 5.92 Å². The Labute approximate surface area is 56.4 Å². The molecule has 1 nitrogen and oxygen atoms in total. The van der Waals surface area contributed by atoms with Crippen molar-refractivity contribution >= 4 is 6.29 Å². The maximum absolute atomic E-state index is 10.2. The van der Waals surface area contributed by atoms with E-state index in [9.17, 15) is 4.79 Å². The van der Waals surface area contributed by atoms with Gasteiger partial charge in [0.25, 0.3) is 0 Å². The lowest BCUT2D eigenvalue weighted by Gasteiger charge is -2.34. The molecule has 0 bridgehead atoms. The number of carbonyl (C=O) groups excluding carboxylic acids is 1. The Morgan fingerprint density at radius 2 is 2.00 bits per heavy atom. The van der Waals surface area contributed by atoms with Gasteiger partial charge in [-0.05, 0) is 24.7 Å². The first-order chi connectivity index (χ1) is 4.24. The van der Waals surface area contributed by atoms with Gasteiger partial charge in [0.2, 0.25) is 0 Å². The number of rotatable bonds is 2. The smallest absolute Gasteiger partial charge is 0.123 e. The van der Waals surface area contributed by atoms with Crippen molar-refractivity contribution < 1.29 is 4.79 Å². The first kappa shape index (κ1) is 6.79. The molecule has 0 N–H and O–H groups in total. The molecule has 1 fully saturated rings. The van der Waals surface area contributed by atoms with Crippen LogP contribution in [0.1, 0.15) is 26.7 Å². The molecule has 0 aliphatic heterocycles. The maximum atomic E-state index is 10.2. The second-order valence-corrected chi connectivity index (χ2v) is 3.37. The highest BCUT2D eigenvalue weighted by Crippen LogP contribution is 2.37. The zero-order valence-electron chi connectivity index (χ0n) is 6.13.